The molecule has 7 heteroatoms. The third-order valence-corrected chi connectivity index (χ3v) is 3.04. The van der Waals surface area contributed by atoms with Crippen LogP contribution in [0, 0.1) is 11.8 Å². The Balaban J connectivity index is 2.41. The monoisotopic (exact) mass is 311 g/mol. The van der Waals surface area contributed by atoms with Crippen LogP contribution in [-0.4, -0.2) is 32.8 Å². The van der Waals surface area contributed by atoms with Gasteiger partial charge in [-0.15, -0.1) is 0 Å². The van der Waals surface area contributed by atoms with Gasteiger partial charge < -0.3 is 9.72 Å². The SMILES string of the molecule is C=C(c1cnn(C)c1)c1nc(NC(=O)C#CC)[nH]c1C(=C)OC. The summed E-state index contributed by atoms with van der Waals surface area (Å²) in [7, 11) is 3.31. The predicted molar refractivity (Wildman–Crippen MR) is 88.1 cm³/mol. The Bertz CT molecular complexity index is 832. The molecule has 2 heterocycles. The molecule has 0 saturated carbocycles. The van der Waals surface area contributed by atoms with Gasteiger partial charge in [-0.25, -0.2) is 4.98 Å². The van der Waals surface area contributed by atoms with Crippen LogP contribution in [0.3, 0.4) is 0 Å². The second kappa shape index (κ2) is 6.66. The van der Waals surface area contributed by atoms with Crippen LogP contribution < -0.4 is 5.32 Å². The number of amides is 1. The van der Waals surface area contributed by atoms with Gasteiger partial charge in [0, 0.05) is 24.4 Å². The lowest BCUT2D eigenvalue weighted by atomic mass is 10.1. The van der Waals surface area contributed by atoms with Gasteiger partial charge in [0.2, 0.25) is 5.95 Å². The first-order valence-corrected chi connectivity index (χ1v) is 6.71. The average molecular weight is 311 g/mol. The molecule has 0 aliphatic heterocycles. The maximum atomic E-state index is 11.6. The maximum absolute atomic E-state index is 11.6. The normalized spacial score (nSPS) is 9.70. The van der Waals surface area contributed by atoms with E-state index in [0.29, 0.717) is 22.7 Å². The highest BCUT2D eigenvalue weighted by Gasteiger charge is 2.18. The van der Waals surface area contributed by atoms with Crippen molar-refractivity contribution in [3.63, 3.8) is 0 Å². The van der Waals surface area contributed by atoms with E-state index >= 15 is 0 Å². The molecule has 2 rings (SSSR count). The average Bonchev–Trinajstić information content (AvgIpc) is 3.12. The fraction of sp³-hybridized carbons (Fsp3) is 0.188. The number of aromatic amines is 1. The lowest BCUT2D eigenvalue weighted by molar-refractivity contribution is -0.111. The summed E-state index contributed by atoms with van der Waals surface area (Å²) in [6, 6.07) is 0. The highest BCUT2D eigenvalue weighted by molar-refractivity contribution is 6.03. The van der Waals surface area contributed by atoms with Crippen LogP contribution in [0.25, 0.3) is 11.3 Å². The van der Waals surface area contributed by atoms with E-state index in [0.717, 1.165) is 5.56 Å². The van der Waals surface area contributed by atoms with E-state index in [9.17, 15) is 4.79 Å². The number of anilines is 1. The lowest BCUT2D eigenvalue weighted by Gasteiger charge is -2.05. The van der Waals surface area contributed by atoms with Crippen molar-refractivity contribution < 1.29 is 9.53 Å². The summed E-state index contributed by atoms with van der Waals surface area (Å²) in [5, 5.41) is 6.67. The molecule has 0 radical (unpaired) electrons. The van der Waals surface area contributed by atoms with Gasteiger partial charge in [-0.3, -0.25) is 14.8 Å². The molecule has 0 saturated heterocycles. The van der Waals surface area contributed by atoms with Crippen LogP contribution in [-0.2, 0) is 16.6 Å². The predicted octanol–water partition coefficient (Wildman–Crippen LogP) is 1.78. The van der Waals surface area contributed by atoms with E-state index in [1.165, 1.54) is 7.11 Å². The van der Waals surface area contributed by atoms with Crippen molar-refractivity contribution in [2.24, 2.45) is 7.05 Å². The Morgan fingerprint density at radius 3 is 2.78 bits per heavy atom. The Hall–Kier alpha value is -3.27. The number of carbonyl (C=O) groups excluding carboxylic acids is 1. The highest BCUT2D eigenvalue weighted by Crippen LogP contribution is 2.28. The van der Waals surface area contributed by atoms with Gasteiger partial charge in [-0.1, -0.05) is 19.1 Å². The van der Waals surface area contributed by atoms with E-state index in [2.05, 4.69) is 45.4 Å². The number of aryl methyl sites for hydroxylation is 1. The number of nitrogens with one attached hydrogen (secondary N) is 2. The van der Waals surface area contributed by atoms with Crippen LogP contribution in [0.2, 0.25) is 0 Å². The van der Waals surface area contributed by atoms with Crippen molar-refractivity contribution in [2.45, 2.75) is 6.92 Å². The fourth-order valence-corrected chi connectivity index (χ4v) is 1.92. The zero-order chi connectivity index (χ0) is 17.0. The van der Waals surface area contributed by atoms with E-state index < -0.39 is 5.91 Å². The third kappa shape index (κ3) is 3.49. The van der Waals surface area contributed by atoms with Crippen LogP contribution in [0.4, 0.5) is 5.95 Å². The molecule has 0 spiro atoms. The molecule has 2 N–H and O–H groups in total. The Kier molecular flexibility index (Phi) is 4.66. The number of H-pyrrole nitrogens is 1. The Morgan fingerprint density at radius 2 is 2.22 bits per heavy atom. The molecule has 0 fully saturated rings. The molecule has 0 aliphatic rings. The van der Waals surface area contributed by atoms with Crippen LogP contribution in [0.15, 0.2) is 25.6 Å². The van der Waals surface area contributed by atoms with Crippen molar-refractivity contribution in [1.29, 1.82) is 0 Å². The van der Waals surface area contributed by atoms with E-state index in [1.807, 2.05) is 13.2 Å². The van der Waals surface area contributed by atoms with Gasteiger partial charge in [0.05, 0.1) is 13.3 Å². The summed E-state index contributed by atoms with van der Waals surface area (Å²) in [4.78, 5) is 18.9. The van der Waals surface area contributed by atoms with Crippen molar-refractivity contribution in [3.8, 4) is 11.8 Å². The van der Waals surface area contributed by atoms with Gasteiger partial charge in [-0.2, -0.15) is 5.10 Å². The first kappa shape index (κ1) is 16.1. The summed E-state index contributed by atoms with van der Waals surface area (Å²) < 4.78 is 6.83. The van der Waals surface area contributed by atoms with Gasteiger partial charge in [-0.05, 0) is 12.8 Å². The topological polar surface area (TPSA) is 84.8 Å². The molecule has 0 aromatic carbocycles. The van der Waals surface area contributed by atoms with Crippen LogP contribution >= 0.6 is 0 Å². The molecule has 0 bridgehead atoms. The van der Waals surface area contributed by atoms with Gasteiger partial charge in [0.25, 0.3) is 0 Å². The van der Waals surface area contributed by atoms with Gasteiger partial charge in [0.1, 0.15) is 17.1 Å². The molecule has 1 amide bonds. The second-order valence-electron chi connectivity index (χ2n) is 4.65. The number of carbonyl (C=O) groups is 1. The number of hydrogen-bond acceptors (Lipinski definition) is 4. The molecule has 7 nitrogen and oxygen atoms in total. The number of rotatable bonds is 5. The first-order chi connectivity index (χ1) is 11.0. The first-order valence-electron chi connectivity index (χ1n) is 6.71. The number of ether oxygens (including phenoxy) is 1. The Labute approximate surface area is 134 Å². The molecule has 0 aliphatic carbocycles. The zero-order valence-electron chi connectivity index (χ0n) is 13.2. The molecule has 2 aromatic rings. The standard InChI is InChI=1S/C16H17N5O2/c1-6-7-13(22)18-16-19-14(15(20-16)11(3)23-5)10(2)12-8-17-21(4)9-12/h8-9H,2-3H2,1,4-5H3,(H2,18,19,20,22). The Morgan fingerprint density at radius 1 is 1.48 bits per heavy atom. The van der Waals surface area contributed by atoms with Crippen molar-refractivity contribution in [3.05, 3.63) is 42.5 Å². The fourth-order valence-electron chi connectivity index (χ4n) is 1.92. The molecule has 23 heavy (non-hydrogen) atoms. The lowest BCUT2D eigenvalue weighted by Crippen LogP contribution is -2.09. The minimum Gasteiger partial charge on any atom is -0.495 e. The second-order valence-corrected chi connectivity index (χ2v) is 4.65. The van der Waals surface area contributed by atoms with E-state index in [1.54, 1.807) is 17.8 Å². The number of hydrogen-bond donors (Lipinski definition) is 2. The van der Waals surface area contributed by atoms with Crippen LogP contribution in [0.1, 0.15) is 23.9 Å². The maximum Gasteiger partial charge on any atom is 0.302 e. The van der Waals surface area contributed by atoms with E-state index in [-0.39, 0.29) is 5.95 Å². The smallest absolute Gasteiger partial charge is 0.302 e. The highest BCUT2D eigenvalue weighted by atomic mass is 16.5. The van der Waals surface area contributed by atoms with Crippen molar-refractivity contribution >= 4 is 23.2 Å². The molecular weight excluding hydrogens is 294 g/mol. The number of methoxy groups -OCH3 is 1. The summed E-state index contributed by atoms with van der Waals surface area (Å²) in [5.41, 5.74) is 2.48. The minimum atomic E-state index is -0.464. The van der Waals surface area contributed by atoms with E-state index in [4.69, 9.17) is 4.74 Å². The quantitative estimate of drug-likeness (QED) is 0.651. The minimum absolute atomic E-state index is 0.242. The third-order valence-electron chi connectivity index (χ3n) is 3.04. The molecule has 0 atom stereocenters. The molecule has 2 aromatic heterocycles. The summed E-state index contributed by atoms with van der Waals surface area (Å²) in [6.07, 6.45) is 3.49. The van der Waals surface area contributed by atoms with Gasteiger partial charge >= 0.3 is 5.91 Å². The number of nitrogens with zero attached hydrogens (tertiary/aromatic N) is 3. The summed E-state index contributed by atoms with van der Waals surface area (Å²) >= 11 is 0. The molecule has 0 unspecified atom stereocenters. The molecule has 118 valence electrons. The van der Waals surface area contributed by atoms with Crippen molar-refractivity contribution in [1.82, 2.24) is 19.7 Å². The zero-order valence-corrected chi connectivity index (χ0v) is 13.2. The van der Waals surface area contributed by atoms with Crippen LogP contribution in [0.5, 0.6) is 0 Å². The van der Waals surface area contributed by atoms with Crippen molar-refractivity contribution in [2.75, 3.05) is 12.4 Å². The summed E-state index contributed by atoms with van der Waals surface area (Å²) in [6.45, 7) is 9.44. The molecular formula is C16H17N5O2. The largest absolute Gasteiger partial charge is 0.495 e. The van der Waals surface area contributed by atoms with Gasteiger partial charge in [0.15, 0.2) is 0 Å². The number of imidazole rings is 1. The summed E-state index contributed by atoms with van der Waals surface area (Å²) in [5.74, 6) is 5.05. The number of aromatic nitrogens is 4.